The number of carbonyl (C=O) groups is 2. The second-order valence-corrected chi connectivity index (χ2v) is 7.62. The molecule has 1 amide bonds. The maximum atomic E-state index is 12.4. The van der Waals surface area contributed by atoms with Crippen LogP contribution in [0.4, 0.5) is 0 Å². The van der Waals surface area contributed by atoms with Crippen molar-refractivity contribution in [3.05, 3.63) is 58.8 Å². The Morgan fingerprint density at radius 3 is 2.70 bits per heavy atom. The highest BCUT2D eigenvalue weighted by atomic mass is 16.5. The number of hydrogen-bond acceptors (Lipinski definition) is 6. The van der Waals surface area contributed by atoms with Crippen LogP contribution in [-0.2, 0) is 33.3 Å². The van der Waals surface area contributed by atoms with E-state index in [2.05, 4.69) is 27.5 Å². The van der Waals surface area contributed by atoms with Crippen molar-refractivity contribution in [1.82, 2.24) is 24.6 Å². The van der Waals surface area contributed by atoms with Crippen molar-refractivity contribution < 1.29 is 14.3 Å². The molecule has 9 heteroatoms. The molecule has 1 saturated carbocycles. The van der Waals surface area contributed by atoms with Crippen molar-refractivity contribution in [2.45, 2.75) is 31.2 Å². The molecule has 0 atom stereocenters. The number of nitrogens with zero attached hydrogens (tertiary/aromatic N) is 4. The van der Waals surface area contributed by atoms with Crippen molar-refractivity contribution in [2.75, 3.05) is 13.2 Å². The van der Waals surface area contributed by atoms with Gasteiger partial charge in [0.1, 0.15) is 18.3 Å². The van der Waals surface area contributed by atoms with E-state index in [0.29, 0.717) is 17.6 Å². The molecule has 0 unspecified atom stereocenters. The molecule has 1 fully saturated rings. The van der Waals surface area contributed by atoms with Gasteiger partial charge in [0.15, 0.2) is 12.3 Å². The highest BCUT2D eigenvalue weighted by Gasteiger charge is 2.38. The third-order valence-electron chi connectivity index (χ3n) is 5.70. The molecule has 0 aliphatic heterocycles. The average Bonchev–Trinajstić information content (AvgIpc) is 3.10. The summed E-state index contributed by atoms with van der Waals surface area (Å²) in [5.74, 6) is -1.04. The maximum Gasteiger partial charge on any atom is 0.326 e. The zero-order valence-electron chi connectivity index (χ0n) is 16.7. The zero-order valence-corrected chi connectivity index (χ0v) is 16.7. The Bertz CT molecular complexity index is 1130. The van der Waals surface area contributed by atoms with Crippen LogP contribution in [0, 0.1) is 0 Å². The van der Waals surface area contributed by atoms with Gasteiger partial charge in [-0.3, -0.25) is 23.6 Å². The fourth-order valence-corrected chi connectivity index (χ4v) is 3.79. The topological polar surface area (TPSA) is 108 Å². The van der Waals surface area contributed by atoms with Crippen LogP contribution in [0.3, 0.4) is 0 Å². The van der Waals surface area contributed by atoms with E-state index in [1.807, 2.05) is 18.2 Å². The Balaban J connectivity index is 1.29. The zero-order chi connectivity index (χ0) is 21.1. The number of aromatic nitrogens is 4. The van der Waals surface area contributed by atoms with Gasteiger partial charge in [-0.25, -0.2) is 4.98 Å². The quantitative estimate of drug-likeness (QED) is 0.581. The minimum Gasteiger partial charge on any atom is -0.454 e. The molecule has 0 bridgehead atoms. The largest absolute Gasteiger partial charge is 0.454 e. The minimum absolute atomic E-state index is 0.0426. The van der Waals surface area contributed by atoms with E-state index in [0.717, 1.165) is 23.8 Å². The highest BCUT2D eigenvalue weighted by Crippen LogP contribution is 2.43. The van der Waals surface area contributed by atoms with E-state index in [-0.39, 0.29) is 30.0 Å². The van der Waals surface area contributed by atoms with E-state index in [1.54, 1.807) is 7.05 Å². The van der Waals surface area contributed by atoms with E-state index in [1.165, 1.54) is 22.8 Å². The van der Waals surface area contributed by atoms with Crippen molar-refractivity contribution in [1.29, 1.82) is 0 Å². The van der Waals surface area contributed by atoms with Crippen LogP contribution in [0.5, 0.6) is 0 Å². The number of aryl methyl sites for hydroxylation is 1. The smallest absolute Gasteiger partial charge is 0.326 e. The van der Waals surface area contributed by atoms with Gasteiger partial charge in [-0.1, -0.05) is 36.8 Å². The Hall–Kier alpha value is -3.49. The van der Waals surface area contributed by atoms with Crippen molar-refractivity contribution in [3.63, 3.8) is 0 Å². The number of nitrogens with one attached hydrogen (secondary N) is 1. The first kappa shape index (κ1) is 19.8. The van der Waals surface area contributed by atoms with E-state index < -0.39 is 5.97 Å². The predicted octanol–water partition coefficient (Wildman–Crippen LogP) is 0.911. The normalized spacial score (nSPS) is 14.8. The van der Waals surface area contributed by atoms with E-state index >= 15 is 0 Å². The molecule has 1 aliphatic rings. The molecule has 3 aromatic rings. The highest BCUT2D eigenvalue weighted by molar-refractivity contribution is 5.80. The maximum absolute atomic E-state index is 12.4. The molecule has 0 radical (unpaired) electrons. The molecule has 2 aromatic heterocycles. The van der Waals surface area contributed by atoms with Gasteiger partial charge in [0, 0.05) is 19.0 Å². The fraction of sp³-hybridized carbons (Fsp3) is 0.381. The first-order valence-electron chi connectivity index (χ1n) is 9.83. The number of fused-ring (bicyclic) bond motifs is 1. The van der Waals surface area contributed by atoms with Crippen LogP contribution in [-0.4, -0.2) is 44.4 Å². The van der Waals surface area contributed by atoms with Gasteiger partial charge in [-0.15, -0.1) is 0 Å². The lowest BCUT2D eigenvalue weighted by Crippen LogP contribution is -2.46. The Morgan fingerprint density at radius 2 is 2.00 bits per heavy atom. The van der Waals surface area contributed by atoms with Crippen LogP contribution in [0.1, 0.15) is 24.8 Å². The van der Waals surface area contributed by atoms with Gasteiger partial charge in [0.25, 0.3) is 11.5 Å². The average molecular weight is 409 g/mol. The summed E-state index contributed by atoms with van der Waals surface area (Å²) in [6.45, 7) is -0.201. The molecular formula is C21H23N5O4. The molecule has 1 aromatic carbocycles. The van der Waals surface area contributed by atoms with Crippen LogP contribution < -0.4 is 10.9 Å². The lowest BCUT2D eigenvalue weighted by Gasteiger charge is -2.42. The number of benzene rings is 1. The molecule has 1 aliphatic carbocycles. The van der Waals surface area contributed by atoms with Crippen molar-refractivity contribution in [2.24, 2.45) is 7.05 Å². The third kappa shape index (κ3) is 3.83. The fourth-order valence-electron chi connectivity index (χ4n) is 3.79. The number of amides is 1. The molecule has 156 valence electrons. The van der Waals surface area contributed by atoms with Crippen molar-refractivity contribution >= 4 is 22.9 Å². The Labute approximate surface area is 172 Å². The molecule has 0 spiro atoms. The molecule has 30 heavy (non-hydrogen) atoms. The third-order valence-corrected chi connectivity index (χ3v) is 5.70. The SMILES string of the molecule is Cn1ncc2c(=O)n(CC(=O)OCC(=O)NCC3(c4ccccc4)CCC3)cnc21. The summed E-state index contributed by atoms with van der Waals surface area (Å²) in [4.78, 5) is 40.8. The first-order valence-corrected chi connectivity index (χ1v) is 9.83. The second kappa shape index (κ2) is 8.10. The van der Waals surface area contributed by atoms with Crippen LogP contribution in [0.25, 0.3) is 11.0 Å². The van der Waals surface area contributed by atoms with Gasteiger partial charge in [-0.05, 0) is 18.4 Å². The van der Waals surface area contributed by atoms with Crippen LogP contribution in [0.2, 0.25) is 0 Å². The summed E-state index contributed by atoms with van der Waals surface area (Å²) in [6, 6.07) is 10.1. The van der Waals surface area contributed by atoms with Gasteiger partial charge in [0.2, 0.25) is 0 Å². The summed E-state index contributed by atoms with van der Waals surface area (Å²) in [7, 11) is 1.68. The molecule has 2 heterocycles. The summed E-state index contributed by atoms with van der Waals surface area (Å²) in [6.07, 6.45) is 5.84. The Morgan fingerprint density at radius 1 is 1.23 bits per heavy atom. The van der Waals surface area contributed by atoms with E-state index in [9.17, 15) is 14.4 Å². The van der Waals surface area contributed by atoms with Crippen LogP contribution >= 0.6 is 0 Å². The van der Waals surface area contributed by atoms with Gasteiger partial charge in [-0.2, -0.15) is 5.10 Å². The molecule has 4 rings (SSSR count). The first-order chi connectivity index (χ1) is 14.5. The van der Waals surface area contributed by atoms with Gasteiger partial charge >= 0.3 is 5.97 Å². The molecule has 0 saturated heterocycles. The number of ether oxygens (including phenoxy) is 1. The number of hydrogen-bond donors (Lipinski definition) is 1. The summed E-state index contributed by atoms with van der Waals surface area (Å²) < 4.78 is 7.67. The van der Waals surface area contributed by atoms with Gasteiger partial charge < -0.3 is 10.1 Å². The lowest BCUT2D eigenvalue weighted by molar-refractivity contribution is -0.149. The molecular weight excluding hydrogens is 386 g/mol. The second-order valence-electron chi connectivity index (χ2n) is 7.62. The number of carbonyl (C=O) groups excluding carboxylic acids is 2. The summed E-state index contributed by atoms with van der Waals surface area (Å²) in [5.41, 5.74) is 1.22. The molecule has 1 N–H and O–H groups in total. The minimum atomic E-state index is -0.682. The van der Waals surface area contributed by atoms with Crippen molar-refractivity contribution in [3.8, 4) is 0 Å². The standard InChI is InChI=1S/C21H23N5O4/c1-25-19-16(10-24-25)20(29)26(14-23-19)11-18(28)30-12-17(27)22-13-21(8-5-9-21)15-6-3-2-4-7-15/h2-4,6-7,10,14H,5,8-9,11-13H2,1H3,(H,22,27). The monoisotopic (exact) mass is 409 g/mol. The summed E-state index contributed by atoms with van der Waals surface area (Å²) in [5, 5.41) is 7.17. The lowest BCUT2D eigenvalue weighted by atomic mass is 9.64. The molecule has 9 nitrogen and oxygen atoms in total. The summed E-state index contributed by atoms with van der Waals surface area (Å²) >= 11 is 0. The van der Waals surface area contributed by atoms with Gasteiger partial charge in [0.05, 0.1) is 6.20 Å². The Kier molecular flexibility index (Phi) is 5.35. The van der Waals surface area contributed by atoms with Crippen LogP contribution in [0.15, 0.2) is 47.7 Å². The number of rotatable bonds is 7. The predicted molar refractivity (Wildman–Crippen MR) is 109 cm³/mol. The van der Waals surface area contributed by atoms with E-state index in [4.69, 9.17) is 4.74 Å². The number of esters is 1.